The highest BCUT2D eigenvalue weighted by Crippen LogP contribution is 2.36. The summed E-state index contributed by atoms with van der Waals surface area (Å²) in [5.74, 6) is 0. The molecule has 1 aliphatic heterocycles. The lowest BCUT2D eigenvalue weighted by atomic mass is 9.77. The highest BCUT2D eigenvalue weighted by Gasteiger charge is 2.53. The van der Waals surface area contributed by atoms with Crippen molar-refractivity contribution in [2.45, 2.75) is 59.3 Å². The van der Waals surface area contributed by atoms with E-state index in [0.717, 1.165) is 27.4 Å². The van der Waals surface area contributed by atoms with Crippen molar-refractivity contribution in [1.29, 1.82) is 0 Å². The molecule has 0 unspecified atom stereocenters. The molecule has 0 N–H and O–H groups in total. The summed E-state index contributed by atoms with van der Waals surface area (Å²) in [6.07, 6.45) is 0. The van der Waals surface area contributed by atoms with E-state index in [0.29, 0.717) is 6.54 Å². The van der Waals surface area contributed by atoms with Gasteiger partial charge in [0.25, 0.3) is 0 Å². The Morgan fingerprint density at radius 1 is 1.12 bits per heavy atom. The van der Waals surface area contributed by atoms with Gasteiger partial charge in [-0.05, 0) is 59.2 Å². The lowest BCUT2D eigenvalue weighted by Crippen LogP contribution is -2.41. The first-order valence-corrected chi connectivity index (χ1v) is 8.62. The number of nitrogens with zero attached hydrogens (tertiary/aromatic N) is 2. The third-order valence-electron chi connectivity index (χ3n) is 5.15. The third-order valence-corrected chi connectivity index (χ3v) is 5.38. The van der Waals surface area contributed by atoms with Gasteiger partial charge >= 0.3 is 7.12 Å². The van der Waals surface area contributed by atoms with E-state index in [1.807, 2.05) is 29.8 Å². The molecular weight excluding hydrogens is 322 g/mol. The van der Waals surface area contributed by atoms with Gasteiger partial charge in [0.1, 0.15) is 0 Å². The Morgan fingerprint density at radius 2 is 1.75 bits per heavy atom. The van der Waals surface area contributed by atoms with E-state index in [4.69, 9.17) is 20.9 Å². The van der Waals surface area contributed by atoms with Crippen LogP contribution in [0.2, 0.25) is 5.02 Å². The van der Waals surface area contributed by atoms with E-state index in [2.05, 4.69) is 45.8 Å². The molecule has 3 rings (SSSR count). The smallest absolute Gasteiger partial charge is 0.399 e. The average molecular weight is 347 g/mol. The summed E-state index contributed by atoms with van der Waals surface area (Å²) in [6.45, 7) is 13.0. The Labute approximate surface area is 149 Å². The van der Waals surface area contributed by atoms with E-state index in [1.165, 1.54) is 0 Å². The standard InChI is InChI=1S/C18H24BClN2O2/c1-12-16(19-23-17(3,4)18(5,6)24-19)13(2)22(21-12)11-14-8-7-9-15(20)10-14/h7-10H,11H2,1-6H3. The molecule has 128 valence electrons. The second-order valence-corrected chi connectivity index (χ2v) is 7.90. The summed E-state index contributed by atoms with van der Waals surface area (Å²) >= 11 is 6.08. The Hall–Kier alpha value is -1.30. The predicted molar refractivity (Wildman–Crippen MR) is 98.0 cm³/mol. The maximum absolute atomic E-state index is 6.20. The molecule has 4 nitrogen and oxygen atoms in total. The number of hydrogen-bond donors (Lipinski definition) is 0. The van der Waals surface area contributed by atoms with Gasteiger partial charge in [0.2, 0.25) is 0 Å². The number of halogens is 1. The quantitative estimate of drug-likeness (QED) is 0.798. The van der Waals surface area contributed by atoms with Crippen LogP contribution in [0.3, 0.4) is 0 Å². The fourth-order valence-corrected chi connectivity index (χ4v) is 3.19. The summed E-state index contributed by atoms with van der Waals surface area (Å²) in [5.41, 5.74) is 3.43. The van der Waals surface area contributed by atoms with Crippen molar-refractivity contribution >= 4 is 24.2 Å². The van der Waals surface area contributed by atoms with E-state index < -0.39 is 0 Å². The fraction of sp³-hybridized carbons (Fsp3) is 0.500. The molecule has 1 aliphatic rings. The summed E-state index contributed by atoms with van der Waals surface area (Å²) in [5, 5.41) is 5.43. The van der Waals surface area contributed by atoms with E-state index in [9.17, 15) is 0 Å². The van der Waals surface area contributed by atoms with Crippen molar-refractivity contribution in [3.8, 4) is 0 Å². The second kappa shape index (κ2) is 5.90. The molecule has 1 aromatic heterocycles. The number of hydrogen-bond acceptors (Lipinski definition) is 3. The van der Waals surface area contributed by atoms with Crippen LogP contribution in [0.25, 0.3) is 0 Å². The van der Waals surface area contributed by atoms with Crippen LogP contribution in [-0.4, -0.2) is 28.1 Å². The van der Waals surface area contributed by atoms with Crippen LogP contribution in [0.4, 0.5) is 0 Å². The zero-order valence-electron chi connectivity index (χ0n) is 15.2. The molecule has 6 heteroatoms. The summed E-state index contributed by atoms with van der Waals surface area (Å²) in [4.78, 5) is 0. The minimum atomic E-state index is -0.386. The monoisotopic (exact) mass is 346 g/mol. The predicted octanol–water partition coefficient (Wildman–Crippen LogP) is 3.50. The van der Waals surface area contributed by atoms with Gasteiger partial charge in [-0.3, -0.25) is 4.68 Å². The number of aromatic nitrogens is 2. The Morgan fingerprint density at radius 3 is 2.33 bits per heavy atom. The Bertz CT molecular complexity index is 754. The minimum Gasteiger partial charge on any atom is -0.399 e. The first kappa shape index (κ1) is 17.5. The van der Waals surface area contributed by atoms with Crippen LogP contribution in [-0.2, 0) is 15.9 Å². The molecule has 0 bridgehead atoms. The lowest BCUT2D eigenvalue weighted by Gasteiger charge is -2.32. The molecule has 24 heavy (non-hydrogen) atoms. The topological polar surface area (TPSA) is 36.3 Å². The minimum absolute atomic E-state index is 0.356. The van der Waals surface area contributed by atoms with Gasteiger partial charge in [-0.1, -0.05) is 23.7 Å². The van der Waals surface area contributed by atoms with Crippen molar-refractivity contribution in [1.82, 2.24) is 9.78 Å². The van der Waals surface area contributed by atoms with Gasteiger partial charge in [0, 0.05) is 16.2 Å². The van der Waals surface area contributed by atoms with Crippen LogP contribution in [0.1, 0.15) is 44.6 Å². The number of benzene rings is 1. The van der Waals surface area contributed by atoms with Crippen LogP contribution in [0.15, 0.2) is 24.3 Å². The van der Waals surface area contributed by atoms with Gasteiger partial charge in [-0.25, -0.2) is 0 Å². The largest absolute Gasteiger partial charge is 0.498 e. The van der Waals surface area contributed by atoms with Crippen molar-refractivity contribution < 1.29 is 9.31 Å². The van der Waals surface area contributed by atoms with Crippen LogP contribution < -0.4 is 5.46 Å². The van der Waals surface area contributed by atoms with Crippen LogP contribution in [0, 0.1) is 13.8 Å². The second-order valence-electron chi connectivity index (χ2n) is 7.46. The molecule has 0 atom stereocenters. The fourth-order valence-electron chi connectivity index (χ4n) is 2.97. The van der Waals surface area contributed by atoms with Gasteiger partial charge in [-0.2, -0.15) is 5.10 Å². The maximum atomic E-state index is 6.20. The van der Waals surface area contributed by atoms with Crippen molar-refractivity contribution in [2.75, 3.05) is 0 Å². The molecule has 0 radical (unpaired) electrons. The highest BCUT2D eigenvalue weighted by molar-refractivity contribution is 6.63. The molecule has 0 spiro atoms. The van der Waals surface area contributed by atoms with Crippen molar-refractivity contribution in [2.24, 2.45) is 0 Å². The van der Waals surface area contributed by atoms with Crippen LogP contribution in [0.5, 0.6) is 0 Å². The Balaban J connectivity index is 1.91. The molecule has 2 aromatic rings. The SMILES string of the molecule is Cc1nn(Cc2cccc(Cl)c2)c(C)c1B1OC(C)(C)C(C)(C)O1. The molecular formula is C18H24BClN2O2. The summed E-state index contributed by atoms with van der Waals surface area (Å²) < 4.78 is 14.4. The van der Waals surface area contributed by atoms with Crippen molar-refractivity contribution in [3.05, 3.63) is 46.2 Å². The molecule has 0 amide bonds. The molecule has 0 saturated carbocycles. The Kier molecular flexibility index (Phi) is 4.31. The summed E-state index contributed by atoms with van der Waals surface area (Å²) in [7, 11) is -0.386. The third kappa shape index (κ3) is 3.01. The first-order valence-electron chi connectivity index (χ1n) is 8.25. The van der Waals surface area contributed by atoms with Crippen LogP contribution >= 0.6 is 11.6 Å². The molecule has 0 aliphatic carbocycles. The number of aryl methyl sites for hydroxylation is 1. The summed E-state index contributed by atoms with van der Waals surface area (Å²) in [6, 6.07) is 7.85. The molecule has 1 fully saturated rings. The zero-order valence-corrected chi connectivity index (χ0v) is 15.9. The molecule has 1 saturated heterocycles. The van der Waals surface area contributed by atoms with Gasteiger partial charge in [-0.15, -0.1) is 0 Å². The van der Waals surface area contributed by atoms with Gasteiger partial charge < -0.3 is 9.31 Å². The van der Waals surface area contributed by atoms with E-state index in [-0.39, 0.29) is 18.3 Å². The molecule has 2 heterocycles. The van der Waals surface area contributed by atoms with E-state index >= 15 is 0 Å². The normalized spacial score (nSPS) is 19.0. The highest BCUT2D eigenvalue weighted by atomic mass is 35.5. The van der Waals surface area contributed by atoms with Crippen molar-refractivity contribution in [3.63, 3.8) is 0 Å². The maximum Gasteiger partial charge on any atom is 0.498 e. The van der Waals surface area contributed by atoms with Gasteiger partial charge in [0.05, 0.1) is 23.4 Å². The zero-order chi connectivity index (χ0) is 17.7. The van der Waals surface area contributed by atoms with E-state index in [1.54, 1.807) is 0 Å². The van der Waals surface area contributed by atoms with Gasteiger partial charge in [0.15, 0.2) is 0 Å². The number of rotatable bonds is 3. The molecule has 1 aromatic carbocycles. The lowest BCUT2D eigenvalue weighted by molar-refractivity contribution is 0.00578. The first-order chi connectivity index (χ1) is 11.1. The average Bonchev–Trinajstić information content (AvgIpc) is 2.83.